The third kappa shape index (κ3) is 3.88. The number of nitrogens with zero attached hydrogens (tertiary/aromatic N) is 2. The van der Waals surface area contributed by atoms with E-state index in [0.29, 0.717) is 19.0 Å². The van der Waals surface area contributed by atoms with Crippen molar-refractivity contribution in [2.75, 3.05) is 13.1 Å². The molecule has 1 fully saturated rings. The maximum atomic E-state index is 12.7. The standard InChI is InChI=1S/C19H18N2O5/c22-18(15-9-16(19(23)24)11-17(10-15)21(25)26)20-7-6-14(12-20)8-13-4-2-1-3-5-13/h1-5,9-11,14H,6-8,12H2,(H,23,24). The number of carboxylic acid groups (broad SMARTS) is 1. The van der Waals surface area contributed by atoms with E-state index < -0.39 is 16.6 Å². The fourth-order valence-electron chi connectivity index (χ4n) is 3.28. The smallest absolute Gasteiger partial charge is 0.335 e. The van der Waals surface area contributed by atoms with Gasteiger partial charge in [-0.3, -0.25) is 14.9 Å². The molecule has 1 heterocycles. The predicted molar refractivity (Wildman–Crippen MR) is 94.2 cm³/mol. The van der Waals surface area contributed by atoms with E-state index in [1.165, 1.54) is 11.6 Å². The van der Waals surface area contributed by atoms with Crippen molar-refractivity contribution >= 4 is 17.6 Å². The maximum absolute atomic E-state index is 12.7. The number of hydrogen-bond donors (Lipinski definition) is 1. The van der Waals surface area contributed by atoms with E-state index in [-0.39, 0.29) is 17.0 Å². The van der Waals surface area contributed by atoms with Gasteiger partial charge in [-0.25, -0.2) is 4.79 Å². The topological polar surface area (TPSA) is 101 Å². The lowest BCUT2D eigenvalue weighted by atomic mass is 9.99. The molecule has 1 aliphatic rings. The van der Waals surface area contributed by atoms with Crippen LogP contribution in [0.5, 0.6) is 0 Å². The second-order valence-electron chi connectivity index (χ2n) is 6.43. The van der Waals surface area contributed by atoms with Crippen molar-refractivity contribution in [3.05, 3.63) is 75.3 Å². The molecule has 0 radical (unpaired) electrons. The Morgan fingerprint density at radius 1 is 1.15 bits per heavy atom. The van der Waals surface area contributed by atoms with E-state index in [9.17, 15) is 19.7 Å². The van der Waals surface area contributed by atoms with Gasteiger partial charge in [0.15, 0.2) is 0 Å². The Balaban J connectivity index is 1.75. The Labute approximate surface area is 150 Å². The van der Waals surface area contributed by atoms with Gasteiger partial charge in [0.2, 0.25) is 0 Å². The third-order valence-corrected chi connectivity index (χ3v) is 4.56. The molecule has 7 nitrogen and oxygen atoms in total. The SMILES string of the molecule is O=C(O)c1cc(C(=O)N2CCC(Cc3ccccc3)C2)cc([N+](=O)[O-])c1. The molecule has 1 saturated heterocycles. The quantitative estimate of drug-likeness (QED) is 0.657. The molecule has 7 heteroatoms. The minimum absolute atomic E-state index is 0.0389. The molecule has 1 N–H and O–H groups in total. The predicted octanol–water partition coefficient (Wildman–Crippen LogP) is 3.00. The van der Waals surface area contributed by atoms with E-state index in [1.54, 1.807) is 4.90 Å². The van der Waals surface area contributed by atoms with Crippen molar-refractivity contribution in [3.8, 4) is 0 Å². The molecule has 0 aromatic heterocycles. The lowest BCUT2D eigenvalue weighted by molar-refractivity contribution is -0.384. The highest BCUT2D eigenvalue weighted by molar-refractivity contribution is 5.98. The van der Waals surface area contributed by atoms with Crippen molar-refractivity contribution < 1.29 is 19.6 Å². The molecule has 0 bridgehead atoms. The second kappa shape index (κ2) is 7.35. The van der Waals surface area contributed by atoms with Crippen LogP contribution in [0, 0.1) is 16.0 Å². The number of benzene rings is 2. The third-order valence-electron chi connectivity index (χ3n) is 4.56. The van der Waals surface area contributed by atoms with Gasteiger partial charge in [-0.15, -0.1) is 0 Å². The summed E-state index contributed by atoms with van der Waals surface area (Å²) in [6, 6.07) is 13.3. The van der Waals surface area contributed by atoms with Crippen LogP contribution in [0.4, 0.5) is 5.69 Å². The van der Waals surface area contributed by atoms with Crippen molar-refractivity contribution in [2.24, 2.45) is 5.92 Å². The molecule has 2 aromatic rings. The number of nitro groups is 1. The van der Waals surface area contributed by atoms with Gasteiger partial charge in [0.05, 0.1) is 10.5 Å². The minimum Gasteiger partial charge on any atom is -0.478 e. The van der Waals surface area contributed by atoms with Crippen LogP contribution in [-0.2, 0) is 6.42 Å². The zero-order valence-electron chi connectivity index (χ0n) is 14.0. The molecule has 0 aliphatic carbocycles. The molecule has 1 aliphatic heterocycles. The lowest BCUT2D eigenvalue weighted by Crippen LogP contribution is -2.29. The zero-order chi connectivity index (χ0) is 18.7. The first-order valence-corrected chi connectivity index (χ1v) is 8.30. The zero-order valence-corrected chi connectivity index (χ0v) is 14.0. The number of carbonyl (C=O) groups is 2. The number of rotatable bonds is 5. The van der Waals surface area contributed by atoms with Crippen LogP contribution >= 0.6 is 0 Å². The summed E-state index contributed by atoms with van der Waals surface area (Å²) < 4.78 is 0. The monoisotopic (exact) mass is 354 g/mol. The van der Waals surface area contributed by atoms with Gasteiger partial charge in [-0.2, -0.15) is 0 Å². The number of carboxylic acids is 1. The summed E-state index contributed by atoms with van der Waals surface area (Å²) in [7, 11) is 0. The molecule has 0 spiro atoms. The average molecular weight is 354 g/mol. The number of likely N-dealkylation sites (tertiary alicyclic amines) is 1. The highest BCUT2D eigenvalue weighted by Gasteiger charge is 2.28. The van der Waals surface area contributed by atoms with E-state index in [0.717, 1.165) is 25.0 Å². The largest absolute Gasteiger partial charge is 0.478 e. The van der Waals surface area contributed by atoms with Crippen molar-refractivity contribution in [2.45, 2.75) is 12.8 Å². The number of non-ortho nitro benzene ring substituents is 1. The van der Waals surface area contributed by atoms with Gasteiger partial charge in [0.1, 0.15) is 0 Å². The Hall–Kier alpha value is -3.22. The summed E-state index contributed by atoms with van der Waals surface area (Å²) >= 11 is 0. The molecule has 26 heavy (non-hydrogen) atoms. The molecular weight excluding hydrogens is 336 g/mol. The summed E-state index contributed by atoms with van der Waals surface area (Å²) in [6.45, 7) is 1.11. The first-order chi connectivity index (χ1) is 12.4. The van der Waals surface area contributed by atoms with Gasteiger partial charge < -0.3 is 10.0 Å². The summed E-state index contributed by atoms with van der Waals surface area (Å²) in [4.78, 5) is 35.8. The molecule has 1 amide bonds. The fourth-order valence-corrected chi connectivity index (χ4v) is 3.28. The number of nitro benzene ring substituents is 1. The molecule has 1 atom stereocenters. The van der Waals surface area contributed by atoms with E-state index in [4.69, 9.17) is 5.11 Å². The molecule has 134 valence electrons. The van der Waals surface area contributed by atoms with Crippen molar-refractivity contribution in [1.82, 2.24) is 4.90 Å². The summed E-state index contributed by atoms with van der Waals surface area (Å²) in [5, 5.41) is 20.1. The summed E-state index contributed by atoms with van der Waals surface area (Å²) in [5.41, 5.74) is 0.586. The number of carbonyl (C=O) groups excluding carboxylic acids is 1. The molecule has 0 saturated carbocycles. The van der Waals surface area contributed by atoms with Gasteiger partial charge in [0.25, 0.3) is 11.6 Å². The molecule has 1 unspecified atom stereocenters. The number of hydrogen-bond acceptors (Lipinski definition) is 4. The minimum atomic E-state index is -1.30. The molecular formula is C19H18N2O5. The highest BCUT2D eigenvalue weighted by atomic mass is 16.6. The van der Waals surface area contributed by atoms with Crippen LogP contribution in [0.3, 0.4) is 0 Å². The van der Waals surface area contributed by atoms with E-state index >= 15 is 0 Å². The van der Waals surface area contributed by atoms with Gasteiger partial charge >= 0.3 is 5.97 Å². The van der Waals surface area contributed by atoms with Gasteiger partial charge in [0, 0.05) is 30.8 Å². The normalized spacial score (nSPS) is 16.5. The Morgan fingerprint density at radius 2 is 1.85 bits per heavy atom. The van der Waals surface area contributed by atoms with Crippen LogP contribution in [0.1, 0.15) is 32.7 Å². The van der Waals surface area contributed by atoms with Gasteiger partial charge in [-0.05, 0) is 30.4 Å². The number of amides is 1. The maximum Gasteiger partial charge on any atom is 0.335 e. The van der Waals surface area contributed by atoms with Gasteiger partial charge in [-0.1, -0.05) is 30.3 Å². The Bertz CT molecular complexity index is 818. The van der Waals surface area contributed by atoms with Crippen LogP contribution in [-0.4, -0.2) is 39.9 Å². The van der Waals surface area contributed by atoms with Crippen LogP contribution in [0.25, 0.3) is 0 Å². The summed E-state index contributed by atoms with van der Waals surface area (Å²) in [5.74, 6) is -1.35. The van der Waals surface area contributed by atoms with Crippen molar-refractivity contribution in [1.29, 1.82) is 0 Å². The first-order valence-electron chi connectivity index (χ1n) is 8.30. The van der Waals surface area contributed by atoms with E-state index in [1.807, 2.05) is 30.3 Å². The summed E-state index contributed by atoms with van der Waals surface area (Å²) in [6.07, 6.45) is 1.71. The highest BCUT2D eigenvalue weighted by Crippen LogP contribution is 2.24. The number of aromatic carboxylic acids is 1. The molecule has 2 aromatic carbocycles. The Morgan fingerprint density at radius 3 is 2.50 bits per heavy atom. The van der Waals surface area contributed by atoms with Crippen LogP contribution in [0.15, 0.2) is 48.5 Å². The first kappa shape index (κ1) is 17.6. The van der Waals surface area contributed by atoms with E-state index in [2.05, 4.69) is 0 Å². The lowest BCUT2D eigenvalue weighted by Gasteiger charge is -2.17. The average Bonchev–Trinajstić information content (AvgIpc) is 3.09. The van der Waals surface area contributed by atoms with Crippen LogP contribution < -0.4 is 0 Å². The van der Waals surface area contributed by atoms with Crippen LogP contribution in [0.2, 0.25) is 0 Å². The fraction of sp³-hybridized carbons (Fsp3) is 0.263. The Kier molecular flexibility index (Phi) is 4.97. The van der Waals surface area contributed by atoms with Crippen molar-refractivity contribution in [3.63, 3.8) is 0 Å². The molecule has 3 rings (SSSR count). The second-order valence-corrected chi connectivity index (χ2v) is 6.43.